The first-order valence-electron chi connectivity index (χ1n) is 22.9. The molecule has 318 valence electrons. The molecule has 1 aromatic heterocycles. The van der Waals surface area contributed by atoms with Crippen molar-refractivity contribution < 1.29 is 4.42 Å². The lowest BCUT2D eigenvalue weighted by Gasteiger charge is -2.27. The van der Waals surface area contributed by atoms with E-state index >= 15 is 0 Å². The molecule has 0 unspecified atom stereocenters. The van der Waals surface area contributed by atoms with Gasteiger partial charge in [-0.2, -0.15) is 0 Å². The second-order valence-electron chi connectivity index (χ2n) is 16.9. The zero-order valence-corrected chi connectivity index (χ0v) is 37.3. The number of allylic oxidation sites excluding steroid dienone is 4. The van der Waals surface area contributed by atoms with Crippen LogP contribution in [0.5, 0.6) is 0 Å². The maximum atomic E-state index is 7.13. The van der Waals surface area contributed by atoms with Crippen LogP contribution in [0.2, 0.25) is 0 Å². The fourth-order valence-corrected chi connectivity index (χ4v) is 9.42. The average molecular weight is 858 g/mol. The van der Waals surface area contributed by atoms with Crippen molar-refractivity contribution in [2.45, 2.75) is 6.92 Å². The van der Waals surface area contributed by atoms with Gasteiger partial charge in [-0.25, -0.2) is 0 Å². The highest BCUT2D eigenvalue weighted by Crippen LogP contribution is 2.48. The van der Waals surface area contributed by atoms with E-state index in [2.05, 4.69) is 267 Å². The highest BCUT2D eigenvalue weighted by atomic mass is 16.3. The SMILES string of the molecule is C=C/C(=C\C=C(/C)c1ccccc1)N(c1ccc(-c2ccccc2)cc1)c1ccc(-c2ccc3c(c2)c2ccc(-c4ccccc4)cc2c2oc(-c4ccccc4)c(-c4ccccc4)c32)cc1. The Labute approximate surface area is 392 Å². The number of anilines is 2. The zero-order valence-electron chi connectivity index (χ0n) is 37.3. The second kappa shape index (κ2) is 18.0. The van der Waals surface area contributed by atoms with Crippen molar-refractivity contribution in [1.82, 2.24) is 0 Å². The molecule has 0 atom stereocenters. The van der Waals surface area contributed by atoms with Gasteiger partial charge in [0.05, 0.1) is 0 Å². The quantitative estimate of drug-likeness (QED) is 0.0952. The normalized spacial score (nSPS) is 11.9. The summed E-state index contributed by atoms with van der Waals surface area (Å²) in [5.41, 5.74) is 16.5. The van der Waals surface area contributed by atoms with Crippen LogP contribution < -0.4 is 4.90 Å². The number of fused-ring (bicyclic) bond motifs is 6. The van der Waals surface area contributed by atoms with E-state index in [-0.39, 0.29) is 0 Å². The van der Waals surface area contributed by atoms with E-state index in [4.69, 9.17) is 4.42 Å². The first-order chi connectivity index (χ1) is 33.1. The molecule has 0 saturated heterocycles. The topological polar surface area (TPSA) is 16.4 Å². The maximum Gasteiger partial charge on any atom is 0.143 e. The summed E-state index contributed by atoms with van der Waals surface area (Å²) in [7, 11) is 0. The summed E-state index contributed by atoms with van der Waals surface area (Å²) >= 11 is 0. The molecule has 0 aliphatic carbocycles. The summed E-state index contributed by atoms with van der Waals surface area (Å²) in [5, 5.41) is 5.70. The van der Waals surface area contributed by atoms with Gasteiger partial charge in [-0.3, -0.25) is 0 Å². The van der Waals surface area contributed by atoms with Crippen LogP contribution in [0.25, 0.3) is 93.9 Å². The van der Waals surface area contributed by atoms with Crippen LogP contribution in [0.15, 0.2) is 272 Å². The Hall–Kier alpha value is -8.72. The van der Waals surface area contributed by atoms with Crippen LogP contribution in [0, 0.1) is 0 Å². The number of hydrogen-bond acceptors (Lipinski definition) is 2. The molecule has 67 heavy (non-hydrogen) atoms. The van der Waals surface area contributed by atoms with Gasteiger partial charge in [-0.15, -0.1) is 0 Å². The molecule has 0 spiro atoms. The summed E-state index contributed by atoms with van der Waals surface area (Å²) in [5.74, 6) is 0.873. The lowest BCUT2D eigenvalue weighted by molar-refractivity contribution is 0.636. The van der Waals surface area contributed by atoms with Gasteiger partial charge < -0.3 is 9.32 Å². The molecule has 11 rings (SSSR count). The minimum atomic E-state index is 0.873. The Morgan fingerprint density at radius 1 is 0.403 bits per heavy atom. The van der Waals surface area contributed by atoms with Gasteiger partial charge in [0.2, 0.25) is 0 Å². The van der Waals surface area contributed by atoms with Gasteiger partial charge in [-0.05, 0) is 122 Å². The molecular weight excluding hydrogens is 811 g/mol. The lowest BCUT2D eigenvalue weighted by atomic mass is 9.90. The molecular formula is C65H47NO. The monoisotopic (exact) mass is 857 g/mol. The number of benzene rings is 10. The molecule has 2 nitrogen and oxygen atoms in total. The van der Waals surface area contributed by atoms with Crippen LogP contribution in [0.3, 0.4) is 0 Å². The predicted molar refractivity (Wildman–Crippen MR) is 285 cm³/mol. The summed E-state index contributed by atoms with van der Waals surface area (Å²) in [6.45, 7) is 6.46. The molecule has 0 amide bonds. The number of hydrogen-bond donors (Lipinski definition) is 0. The van der Waals surface area contributed by atoms with E-state index in [9.17, 15) is 0 Å². The standard InChI is InChI=1S/C65H47NO/c1-3-55(36-29-45(2)46-19-9-4-10-20-46)66(56-37-30-49(31-38-56)47-21-11-5-12-22-47)57-39-32-50(33-40-57)53-35-42-59-60(43-53)58-41-34-54(48-23-13-6-14-24-48)44-61(58)65-63(59)62(51-25-15-7-16-26-51)64(67-65)52-27-17-8-18-28-52/h3-44H,1H2,2H3/b45-29+,55-36+. The van der Waals surface area contributed by atoms with Gasteiger partial charge in [0.25, 0.3) is 0 Å². The van der Waals surface area contributed by atoms with Crippen LogP contribution in [-0.4, -0.2) is 0 Å². The van der Waals surface area contributed by atoms with Crippen molar-refractivity contribution in [3.05, 3.63) is 273 Å². The Morgan fingerprint density at radius 3 is 1.39 bits per heavy atom. The lowest BCUT2D eigenvalue weighted by Crippen LogP contribution is -2.15. The molecule has 0 radical (unpaired) electrons. The summed E-state index contributed by atoms with van der Waals surface area (Å²) in [6.07, 6.45) is 6.28. The van der Waals surface area contributed by atoms with Crippen molar-refractivity contribution in [3.8, 4) is 55.8 Å². The molecule has 10 aromatic carbocycles. The van der Waals surface area contributed by atoms with Gasteiger partial charge in [-0.1, -0.05) is 213 Å². The van der Waals surface area contributed by atoms with Gasteiger partial charge in [0.1, 0.15) is 11.3 Å². The Kier molecular flexibility index (Phi) is 11.0. The van der Waals surface area contributed by atoms with Crippen molar-refractivity contribution in [2.75, 3.05) is 4.90 Å². The predicted octanol–water partition coefficient (Wildman–Crippen LogP) is 18.4. The fourth-order valence-electron chi connectivity index (χ4n) is 9.42. The zero-order chi connectivity index (χ0) is 45.1. The van der Waals surface area contributed by atoms with Crippen LogP contribution in [-0.2, 0) is 0 Å². The van der Waals surface area contributed by atoms with Gasteiger partial charge in [0.15, 0.2) is 0 Å². The molecule has 2 heteroatoms. The van der Waals surface area contributed by atoms with E-state index in [1.54, 1.807) is 0 Å². The number of nitrogens with zero attached hydrogens (tertiary/aromatic N) is 1. The highest BCUT2D eigenvalue weighted by Gasteiger charge is 2.23. The van der Waals surface area contributed by atoms with Crippen molar-refractivity contribution in [2.24, 2.45) is 0 Å². The maximum absolute atomic E-state index is 7.13. The van der Waals surface area contributed by atoms with E-state index < -0.39 is 0 Å². The Balaban J connectivity index is 1.06. The Morgan fingerprint density at radius 2 is 0.836 bits per heavy atom. The van der Waals surface area contributed by atoms with E-state index in [1.807, 2.05) is 6.08 Å². The molecule has 0 aliphatic heterocycles. The van der Waals surface area contributed by atoms with Crippen LogP contribution in [0.1, 0.15) is 12.5 Å². The Bertz CT molecular complexity index is 3590. The molecule has 0 fully saturated rings. The van der Waals surface area contributed by atoms with E-state index in [0.717, 1.165) is 83.3 Å². The largest absolute Gasteiger partial charge is 0.455 e. The molecule has 0 bridgehead atoms. The second-order valence-corrected chi connectivity index (χ2v) is 16.9. The van der Waals surface area contributed by atoms with E-state index in [1.165, 1.54) is 33.2 Å². The third kappa shape index (κ3) is 7.96. The molecule has 11 aromatic rings. The number of furan rings is 1. The van der Waals surface area contributed by atoms with Gasteiger partial charge in [0, 0.05) is 39.0 Å². The van der Waals surface area contributed by atoms with E-state index in [0.29, 0.717) is 0 Å². The van der Waals surface area contributed by atoms with Crippen molar-refractivity contribution >= 4 is 49.5 Å². The molecule has 0 aliphatic rings. The molecule has 1 heterocycles. The fraction of sp³-hybridized carbons (Fsp3) is 0.0154. The molecule has 0 saturated carbocycles. The average Bonchev–Trinajstić information content (AvgIpc) is 3.82. The summed E-state index contributed by atoms with van der Waals surface area (Å²) in [6, 6.07) is 84.3. The minimum Gasteiger partial charge on any atom is -0.455 e. The van der Waals surface area contributed by atoms with Crippen molar-refractivity contribution in [1.29, 1.82) is 0 Å². The highest BCUT2D eigenvalue weighted by molar-refractivity contribution is 6.29. The van der Waals surface area contributed by atoms with Crippen LogP contribution >= 0.6 is 0 Å². The third-order valence-corrected chi connectivity index (χ3v) is 12.8. The smallest absolute Gasteiger partial charge is 0.143 e. The van der Waals surface area contributed by atoms with Crippen LogP contribution in [0.4, 0.5) is 11.4 Å². The molecule has 0 N–H and O–H groups in total. The first kappa shape index (κ1) is 41.0. The summed E-state index contributed by atoms with van der Waals surface area (Å²) < 4.78 is 7.13. The minimum absolute atomic E-state index is 0.873. The summed E-state index contributed by atoms with van der Waals surface area (Å²) in [4.78, 5) is 2.28. The van der Waals surface area contributed by atoms with Gasteiger partial charge >= 0.3 is 0 Å². The third-order valence-electron chi connectivity index (χ3n) is 12.8. The van der Waals surface area contributed by atoms with Crippen molar-refractivity contribution in [3.63, 3.8) is 0 Å². The first-order valence-corrected chi connectivity index (χ1v) is 22.9. The number of rotatable bonds is 11.